The molecule has 14 heavy (non-hydrogen) atoms. The van der Waals surface area contributed by atoms with E-state index < -0.39 is 5.97 Å². The highest BCUT2D eigenvalue weighted by atomic mass is 32.2. The second-order valence-electron chi connectivity index (χ2n) is 3.06. The second kappa shape index (κ2) is 3.45. The minimum atomic E-state index is -0.883. The molecule has 6 heteroatoms. The molecule has 2 rings (SSSR count). The summed E-state index contributed by atoms with van der Waals surface area (Å²) < 4.78 is 0. The molecule has 0 radical (unpaired) electrons. The molecule has 1 unspecified atom stereocenters. The molecule has 1 aliphatic heterocycles. The van der Waals surface area contributed by atoms with Gasteiger partial charge in [0, 0.05) is 11.7 Å². The minimum absolute atomic E-state index is 0.00519. The van der Waals surface area contributed by atoms with Crippen molar-refractivity contribution < 1.29 is 9.90 Å². The van der Waals surface area contributed by atoms with Gasteiger partial charge in [-0.1, -0.05) is 0 Å². The van der Waals surface area contributed by atoms with Crippen LogP contribution in [0.4, 0.5) is 0 Å². The average molecular weight is 212 g/mol. The van der Waals surface area contributed by atoms with Crippen LogP contribution in [0.5, 0.6) is 0 Å². The van der Waals surface area contributed by atoms with Crippen LogP contribution in [0.2, 0.25) is 0 Å². The first-order valence-corrected chi connectivity index (χ1v) is 5.09. The fraction of sp³-hybridized carbons (Fsp3) is 0.375. The SMILES string of the molecule is O=C(O)CC1CSc2nc[nH]c(=O)c21. The van der Waals surface area contributed by atoms with E-state index in [-0.39, 0.29) is 17.9 Å². The highest BCUT2D eigenvalue weighted by Gasteiger charge is 2.28. The van der Waals surface area contributed by atoms with Gasteiger partial charge < -0.3 is 10.1 Å². The van der Waals surface area contributed by atoms with E-state index >= 15 is 0 Å². The van der Waals surface area contributed by atoms with Crippen LogP contribution >= 0.6 is 11.8 Å². The molecule has 0 amide bonds. The number of hydrogen-bond donors (Lipinski definition) is 2. The molecule has 1 aromatic rings. The number of rotatable bonds is 2. The van der Waals surface area contributed by atoms with Gasteiger partial charge in [-0.2, -0.15) is 0 Å². The maximum absolute atomic E-state index is 11.4. The number of H-pyrrole nitrogens is 1. The molecule has 1 aromatic heterocycles. The van der Waals surface area contributed by atoms with Crippen molar-refractivity contribution >= 4 is 17.7 Å². The topological polar surface area (TPSA) is 83.0 Å². The lowest BCUT2D eigenvalue weighted by Crippen LogP contribution is -2.17. The number of aromatic amines is 1. The molecular weight excluding hydrogens is 204 g/mol. The molecule has 5 nitrogen and oxygen atoms in total. The molecule has 2 N–H and O–H groups in total. The van der Waals surface area contributed by atoms with Crippen molar-refractivity contribution in [2.24, 2.45) is 0 Å². The van der Waals surface area contributed by atoms with Crippen LogP contribution in [-0.2, 0) is 4.79 Å². The van der Waals surface area contributed by atoms with E-state index in [4.69, 9.17) is 5.11 Å². The van der Waals surface area contributed by atoms with Crippen LogP contribution in [0, 0.1) is 0 Å². The van der Waals surface area contributed by atoms with Gasteiger partial charge in [0.25, 0.3) is 5.56 Å². The first-order chi connectivity index (χ1) is 6.68. The molecule has 2 heterocycles. The van der Waals surface area contributed by atoms with Gasteiger partial charge in [0.1, 0.15) is 5.03 Å². The number of aliphatic carboxylic acids is 1. The summed E-state index contributed by atoms with van der Waals surface area (Å²) in [4.78, 5) is 28.4. The molecule has 0 saturated heterocycles. The Morgan fingerprint density at radius 2 is 2.57 bits per heavy atom. The Morgan fingerprint density at radius 1 is 1.79 bits per heavy atom. The van der Waals surface area contributed by atoms with Crippen LogP contribution in [0.25, 0.3) is 0 Å². The van der Waals surface area contributed by atoms with Gasteiger partial charge in [0.15, 0.2) is 0 Å². The van der Waals surface area contributed by atoms with Crippen molar-refractivity contribution in [1.82, 2.24) is 9.97 Å². The van der Waals surface area contributed by atoms with Crippen molar-refractivity contribution in [1.29, 1.82) is 0 Å². The van der Waals surface area contributed by atoms with E-state index in [1.807, 2.05) is 0 Å². The van der Waals surface area contributed by atoms with Crippen molar-refractivity contribution in [3.63, 3.8) is 0 Å². The van der Waals surface area contributed by atoms with Gasteiger partial charge in [-0.15, -0.1) is 11.8 Å². The van der Waals surface area contributed by atoms with Gasteiger partial charge in [-0.05, 0) is 0 Å². The molecule has 0 aromatic carbocycles. The zero-order valence-electron chi connectivity index (χ0n) is 7.19. The number of carbonyl (C=O) groups is 1. The van der Waals surface area contributed by atoms with Gasteiger partial charge in [-0.25, -0.2) is 4.98 Å². The van der Waals surface area contributed by atoms with Crippen LogP contribution < -0.4 is 5.56 Å². The Balaban J connectivity index is 2.38. The number of carboxylic acid groups (broad SMARTS) is 1. The fourth-order valence-electron chi connectivity index (χ4n) is 1.50. The Morgan fingerprint density at radius 3 is 3.29 bits per heavy atom. The highest BCUT2D eigenvalue weighted by molar-refractivity contribution is 7.99. The maximum atomic E-state index is 11.4. The summed E-state index contributed by atoms with van der Waals surface area (Å²) in [5, 5.41) is 9.32. The number of carboxylic acids is 1. The van der Waals surface area contributed by atoms with E-state index in [0.717, 1.165) is 0 Å². The van der Waals surface area contributed by atoms with Gasteiger partial charge in [0.2, 0.25) is 0 Å². The predicted molar refractivity (Wildman–Crippen MR) is 50.6 cm³/mol. The Bertz CT molecular complexity index is 429. The predicted octanol–water partition coefficient (Wildman–Crippen LogP) is 0.434. The van der Waals surface area contributed by atoms with Crippen molar-refractivity contribution in [2.45, 2.75) is 17.4 Å². The average Bonchev–Trinajstić information content (AvgIpc) is 2.49. The fourth-order valence-corrected chi connectivity index (χ4v) is 2.69. The number of hydrogen-bond acceptors (Lipinski definition) is 4. The second-order valence-corrected chi connectivity index (χ2v) is 4.06. The molecule has 0 fully saturated rings. The van der Waals surface area contributed by atoms with Crippen molar-refractivity contribution in [3.05, 3.63) is 22.2 Å². The van der Waals surface area contributed by atoms with E-state index in [9.17, 15) is 9.59 Å². The summed E-state index contributed by atoms with van der Waals surface area (Å²) in [6.07, 6.45) is 1.34. The lowest BCUT2D eigenvalue weighted by Gasteiger charge is -2.04. The van der Waals surface area contributed by atoms with E-state index in [1.54, 1.807) is 0 Å². The molecule has 0 aliphatic carbocycles. The maximum Gasteiger partial charge on any atom is 0.303 e. The van der Waals surface area contributed by atoms with Gasteiger partial charge in [-0.3, -0.25) is 9.59 Å². The standard InChI is InChI=1S/C8H8N2O3S/c11-5(12)1-4-2-14-8-6(4)7(13)9-3-10-8/h3-4H,1-2H2,(H,11,12)(H,9,10,13). The van der Waals surface area contributed by atoms with E-state index in [1.165, 1.54) is 18.1 Å². The number of nitrogens with zero attached hydrogens (tertiary/aromatic N) is 1. The summed E-state index contributed by atoms with van der Waals surface area (Å²) in [6.45, 7) is 0. The van der Waals surface area contributed by atoms with Crippen molar-refractivity contribution in [3.8, 4) is 0 Å². The molecule has 0 spiro atoms. The summed E-state index contributed by atoms with van der Waals surface area (Å²) >= 11 is 1.44. The van der Waals surface area contributed by atoms with E-state index in [2.05, 4.69) is 9.97 Å². The largest absolute Gasteiger partial charge is 0.481 e. The summed E-state index contributed by atoms with van der Waals surface area (Å²) in [5.74, 6) is -0.460. The number of fused-ring (bicyclic) bond motifs is 1. The summed E-state index contributed by atoms with van der Waals surface area (Å²) in [7, 11) is 0. The summed E-state index contributed by atoms with van der Waals surface area (Å²) in [5.41, 5.74) is 0.311. The zero-order chi connectivity index (χ0) is 10.1. The Labute approximate surface area is 83.6 Å². The molecule has 0 bridgehead atoms. The summed E-state index contributed by atoms with van der Waals surface area (Å²) in [6, 6.07) is 0. The van der Waals surface area contributed by atoms with E-state index in [0.29, 0.717) is 16.3 Å². The van der Waals surface area contributed by atoms with Crippen molar-refractivity contribution in [2.75, 3.05) is 5.75 Å². The number of thioether (sulfide) groups is 1. The van der Waals surface area contributed by atoms with Crippen LogP contribution in [0.15, 0.2) is 16.1 Å². The lowest BCUT2D eigenvalue weighted by molar-refractivity contribution is -0.137. The third-order valence-corrected chi connectivity index (χ3v) is 3.27. The lowest BCUT2D eigenvalue weighted by atomic mass is 10.0. The first kappa shape index (κ1) is 9.26. The quantitative estimate of drug-likeness (QED) is 0.695. The van der Waals surface area contributed by atoms with Crippen LogP contribution in [0.3, 0.4) is 0 Å². The minimum Gasteiger partial charge on any atom is -0.481 e. The smallest absolute Gasteiger partial charge is 0.303 e. The normalized spacial score (nSPS) is 19.3. The Hall–Kier alpha value is -1.30. The number of aromatic nitrogens is 2. The van der Waals surface area contributed by atoms with Crippen LogP contribution in [-0.4, -0.2) is 26.8 Å². The zero-order valence-corrected chi connectivity index (χ0v) is 8.00. The third-order valence-electron chi connectivity index (χ3n) is 2.10. The molecule has 1 aliphatic rings. The van der Waals surface area contributed by atoms with Crippen LogP contribution in [0.1, 0.15) is 17.9 Å². The number of nitrogens with one attached hydrogen (secondary N) is 1. The molecule has 1 atom stereocenters. The third kappa shape index (κ3) is 1.52. The highest BCUT2D eigenvalue weighted by Crippen LogP contribution is 2.37. The molecular formula is C8H8N2O3S. The first-order valence-electron chi connectivity index (χ1n) is 4.10. The van der Waals surface area contributed by atoms with Gasteiger partial charge in [0.05, 0.1) is 18.3 Å². The van der Waals surface area contributed by atoms with Gasteiger partial charge >= 0.3 is 5.97 Å². The monoisotopic (exact) mass is 212 g/mol. The molecule has 0 saturated carbocycles. The Kier molecular flexibility index (Phi) is 2.28. The molecule has 74 valence electrons.